The molecule has 3 aromatic rings. The lowest BCUT2D eigenvalue weighted by Gasteiger charge is -2.13. The Labute approximate surface area is 168 Å². The van der Waals surface area contributed by atoms with Gasteiger partial charge in [-0.15, -0.1) is 0 Å². The van der Waals surface area contributed by atoms with Gasteiger partial charge in [0.1, 0.15) is 6.07 Å². The fraction of sp³-hybridized carbons (Fsp3) is 0.174. The second kappa shape index (κ2) is 7.46. The third kappa shape index (κ3) is 3.37. The minimum absolute atomic E-state index is 0.475. The Kier molecular flexibility index (Phi) is 4.85. The van der Waals surface area contributed by atoms with E-state index in [-0.39, 0.29) is 0 Å². The summed E-state index contributed by atoms with van der Waals surface area (Å²) in [7, 11) is 0. The van der Waals surface area contributed by atoms with Crippen LogP contribution in [0.1, 0.15) is 40.5 Å². The summed E-state index contributed by atoms with van der Waals surface area (Å²) in [6.07, 6.45) is 2.77. The first-order valence-electron chi connectivity index (χ1n) is 9.05. The third-order valence-electron chi connectivity index (χ3n) is 4.82. The van der Waals surface area contributed by atoms with E-state index in [1.807, 2.05) is 54.6 Å². The van der Waals surface area contributed by atoms with E-state index in [1.54, 1.807) is 6.92 Å². The molecule has 1 aromatic heterocycles. The monoisotopic (exact) mass is 388 g/mol. The third-order valence-corrected chi connectivity index (χ3v) is 5.07. The van der Waals surface area contributed by atoms with Crippen molar-refractivity contribution in [2.45, 2.75) is 25.9 Å². The maximum atomic E-state index is 12.9. The molecule has 0 amide bonds. The topological polar surface area (TPSA) is 63.0 Å². The molecule has 0 saturated heterocycles. The number of nitrogens with zero attached hydrogens (tertiary/aromatic N) is 2. The van der Waals surface area contributed by atoms with Gasteiger partial charge in [-0.05, 0) is 60.7 Å². The van der Waals surface area contributed by atoms with Crippen molar-refractivity contribution in [1.29, 1.82) is 5.26 Å². The summed E-state index contributed by atoms with van der Waals surface area (Å²) in [6, 6.07) is 17.1. The van der Waals surface area contributed by atoms with Crippen molar-refractivity contribution in [3.8, 4) is 6.07 Å². The predicted octanol–water partition coefficient (Wildman–Crippen LogP) is 5.44. The molecule has 5 heteroatoms. The van der Waals surface area contributed by atoms with Gasteiger partial charge >= 0.3 is 5.97 Å². The first kappa shape index (κ1) is 18.2. The molecule has 28 heavy (non-hydrogen) atoms. The van der Waals surface area contributed by atoms with Gasteiger partial charge in [0.2, 0.25) is 0 Å². The number of rotatable bonds is 3. The summed E-state index contributed by atoms with van der Waals surface area (Å²) in [5, 5.41) is 10.4. The first-order valence-corrected chi connectivity index (χ1v) is 9.43. The second-order valence-corrected chi connectivity index (χ2v) is 7.17. The molecule has 4 rings (SSSR count). The van der Waals surface area contributed by atoms with Gasteiger partial charge in [0.05, 0.1) is 16.8 Å². The zero-order valence-electron chi connectivity index (χ0n) is 15.3. The van der Waals surface area contributed by atoms with Crippen LogP contribution in [0.3, 0.4) is 0 Å². The zero-order chi connectivity index (χ0) is 19.7. The van der Waals surface area contributed by atoms with Crippen molar-refractivity contribution in [2.24, 2.45) is 0 Å². The van der Waals surface area contributed by atoms with Gasteiger partial charge < -0.3 is 4.74 Å². The summed E-state index contributed by atoms with van der Waals surface area (Å²) in [4.78, 5) is 17.7. The van der Waals surface area contributed by atoms with Crippen molar-refractivity contribution >= 4 is 40.1 Å². The minimum Gasteiger partial charge on any atom is -0.444 e. The van der Waals surface area contributed by atoms with Gasteiger partial charge in [-0.3, -0.25) is 0 Å². The number of para-hydroxylation sites is 1. The highest BCUT2D eigenvalue weighted by Crippen LogP contribution is 2.38. The Morgan fingerprint density at radius 2 is 1.96 bits per heavy atom. The lowest BCUT2D eigenvalue weighted by Crippen LogP contribution is -2.16. The summed E-state index contributed by atoms with van der Waals surface area (Å²) in [5.41, 5.74) is 5.07. The number of carbonyl (C=O) groups excluding carboxylic acids is 1. The van der Waals surface area contributed by atoms with Crippen LogP contribution in [-0.2, 0) is 11.2 Å². The number of hydrogen-bond donors (Lipinski definition) is 0. The van der Waals surface area contributed by atoms with Crippen molar-refractivity contribution < 1.29 is 9.53 Å². The Hall–Kier alpha value is -3.16. The Morgan fingerprint density at radius 3 is 2.71 bits per heavy atom. The molecule has 1 atom stereocenters. The number of allylic oxidation sites excluding steroid dienone is 1. The number of fused-ring (bicyclic) bond motifs is 2. The van der Waals surface area contributed by atoms with Crippen LogP contribution in [0.5, 0.6) is 0 Å². The van der Waals surface area contributed by atoms with E-state index in [0.717, 1.165) is 39.7 Å². The molecule has 0 N–H and O–H groups in total. The number of carbonyl (C=O) groups is 1. The summed E-state index contributed by atoms with van der Waals surface area (Å²) in [5.74, 6) is -0.475. The van der Waals surface area contributed by atoms with Crippen molar-refractivity contribution in [1.82, 2.24) is 4.98 Å². The molecule has 2 aromatic carbocycles. The van der Waals surface area contributed by atoms with E-state index < -0.39 is 12.1 Å². The number of esters is 1. The van der Waals surface area contributed by atoms with Crippen LogP contribution in [0.4, 0.5) is 0 Å². The van der Waals surface area contributed by atoms with Gasteiger partial charge in [0.15, 0.2) is 6.10 Å². The number of aromatic nitrogens is 1. The maximum absolute atomic E-state index is 12.9. The average molecular weight is 389 g/mol. The molecule has 0 bridgehead atoms. The number of pyridine rings is 1. The molecule has 0 spiro atoms. The molecule has 1 aliphatic carbocycles. The van der Waals surface area contributed by atoms with E-state index in [9.17, 15) is 4.79 Å². The van der Waals surface area contributed by atoms with Crippen molar-refractivity contribution in [2.75, 3.05) is 0 Å². The molecular weight excluding hydrogens is 372 g/mol. The average Bonchev–Trinajstić information content (AvgIpc) is 3.09. The lowest BCUT2D eigenvalue weighted by molar-refractivity contribution is 0.0436. The van der Waals surface area contributed by atoms with E-state index in [2.05, 4.69) is 6.08 Å². The number of nitriles is 1. The van der Waals surface area contributed by atoms with Gasteiger partial charge in [-0.25, -0.2) is 9.78 Å². The number of halogens is 1. The summed E-state index contributed by atoms with van der Waals surface area (Å²) >= 11 is 5.98. The molecule has 4 nitrogen and oxygen atoms in total. The highest BCUT2D eigenvalue weighted by molar-refractivity contribution is 6.30. The SMILES string of the molecule is C[C@H](C#N)OC(=O)c1c2c(nc3ccccc13)/C(=C/c1ccc(Cl)cc1)CC2. The van der Waals surface area contributed by atoms with Crippen LogP contribution < -0.4 is 0 Å². The van der Waals surface area contributed by atoms with E-state index in [4.69, 9.17) is 26.6 Å². The molecule has 0 aliphatic heterocycles. The zero-order valence-corrected chi connectivity index (χ0v) is 16.0. The predicted molar refractivity (Wildman–Crippen MR) is 110 cm³/mol. The van der Waals surface area contributed by atoms with Crippen LogP contribution >= 0.6 is 11.6 Å². The van der Waals surface area contributed by atoms with Crippen LogP contribution in [-0.4, -0.2) is 17.1 Å². The summed E-state index contributed by atoms with van der Waals surface area (Å²) in [6.45, 7) is 1.56. The molecule has 138 valence electrons. The number of hydrogen-bond acceptors (Lipinski definition) is 4. The van der Waals surface area contributed by atoms with E-state index in [1.165, 1.54) is 0 Å². The number of benzene rings is 2. The standard InChI is InChI=1S/C23H17ClN2O2/c1-14(13-25)28-23(27)21-18-4-2-3-5-20(18)26-22-16(8-11-19(21)22)12-15-6-9-17(24)10-7-15/h2-7,9-10,12,14H,8,11H2,1H3/b16-12+/t14-/m1/s1. The molecule has 0 saturated carbocycles. The fourth-order valence-corrected chi connectivity index (χ4v) is 3.64. The van der Waals surface area contributed by atoms with Crippen LogP contribution in [0, 0.1) is 11.3 Å². The van der Waals surface area contributed by atoms with E-state index >= 15 is 0 Å². The molecule has 0 unspecified atom stereocenters. The molecule has 0 radical (unpaired) electrons. The highest BCUT2D eigenvalue weighted by atomic mass is 35.5. The highest BCUT2D eigenvalue weighted by Gasteiger charge is 2.28. The van der Waals surface area contributed by atoms with Crippen LogP contribution in [0.2, 0.25) is 5.02 Å². The molecule has 1 aliphatic rings. The normalized spacial score (nSPS) is 15.2. The quantitative estimate of drug-likeness (QED) is 0.560. The van der Waals surface area contributed by atoms with Crippen molar-refractivity contribution in [3.05, 3.63) is 75.9 Å². The Morgan fingerprint density at radius 1 is 1.21 bits per heavy atom. The first-order chi connectivity index (χ1) is 13.6. The van der Waals surface area contributed by atoms with Crippen molar-refractivity contribution in [3.63, 3.8) is 0 Å². The molecule has 1 heterocycles. The van der Waals surface area contributed by atoms with Crippen LogP contribution in [0.25, 0.3) is 22.6 Å². The maximum Gasteiger partial charge on any atom is 0.340 e. The molecular formula is C23H17ClN2O2. The lowest BCUT2D eigenvalue weighted by atomic mass is 10.0. The van der Waals surface area contributed by atoms with E-state index in [0.29, 0.717) is 17.0 Å². The van der Waals surface area contributed by atoms with Crippen LogP contribution in [0.15, 0.2) is 48.5 Å². The summed E-state index contributed by atoms with van der Waals surface area (Å²) < 4.78 is 5.32. The van der Waals surface area contributed by atoms with Gasteiger partial charge in [-0.1, -0.05) is 41.9 Å². The Bertz CT molecular complexity index is 1140. The smallest absolute Gasteiger partial charge is 0.340 e. The molecule has 0 fully saturated rings. The Balaban J connectivity index is 1.86. The van der Waals surface area contributed by atoms with Gasteiger partial charge in [0, 0.05) is 10.4 Å². The van der Waals surface area contributed by atoms with Gasteiger partial charge in [0.25, 0.3) is 0 Å². The second-order valence-electron chi connectivity index (χ2n) is 6.73. The fourth-order valence-electron chi connectivity index (χ4n) is 3.52. The number of ether oxygens (including phenoxy) is 1. The minimum atomic E-state index is -0.805. The largest absolute Gasteiger partial charge is 0.444 e. The van der Waals surface area contributed by atoms with Gasteiger partial charge in [-0.2, -0.15) is 5.26 Å².